The Morgan fingerprint density at radius 3 is 2.46 bits per heavy atom. The second-order valence-electron chi connectivity index (χ2n) is 5.57. The number of hydrogen-bond acceptors (Lipinski definition) is 4. The number of aliphatic hydroxyl groups excluding tert-OH is 1. The van der Waals surface area contributed by atoms with Crippen molar-refractivity contribution in [3.8, 4) is 0 Å². The molecule has 0 radical (unpaired) electrons. The van der Waals surface area contributed by atoms with Crippen molar-refractivity contribution in [3.63, 3.8) is 0 Å². The van der Waals surface area contributed by atoms with Crippen LogP contribution in [0.25, 0.3) is 0 Å². The molecule has 1 aromatic carbocycles. The molecule has 150 valence electrons. The lowest BCUT2D eigenvalue weighted by molar-refractivity contribution is -0.121. The number of aliphatic hydroxyl groups is 1. The third-order valence-corrected chi connectivity index (χ3v) is 3.51. The fourth-order valence-electron chi connectivity index (χ4n) is 2.26. The zero-order chi connectivity index (χ0) is 20.7. The zero-order valence-corrected chi connectivity index (χ0v) is 14.4. The molecule has 3 amide bonds. The highest BCUT2D eigenvalue weighted by Crippen LogP contribution is 2.27. The smallest absolute Gasteiger partial charge is 0.322 e. The Kier molecular flexibility index (Phi) is 7.27. The summed E-state index contributed by atoms with van der Waals surface area (Å²) in [5, 5.41) is 13.3. The number of aromatic nitrogens is 1. The second kappa shape index (κ2) is 9.65. The fraction of sp³-hybridized carbons (Fsp3) is 0.235. The molecule has 1 aliphatic heterocycles. The summed E-state index contributed by atoms with van der Waals surface area (Å²) in [5.41, 5.74) is 0.195. The van der Waals surface area contributed by atoms with Gasteiger partial charge in [-0.2, -0.15) is 0 Å². The van der Waals surface area contributed by atoms with Crippen molar-refractivity contribution in [1.82, 2.24) is 15.2 Å². The Labute approximate surface area is 157 Å². The average Bonchev–Trinajstić information content (AvgIpc) is 2.65. The minimum Gasteiger partial charge on any atom is -0.395 e. The van der Waals surface area contributed by atoms with Gasteiger partial charge >= 0.3 is 6.03 Å². The molecular formula is C17H16F4N4O3. The third kappa shape index (κ3) is 5.64. The normalized spacial score (nSPS) is 12.5. The van der Waals surface area contributed by atoms with Gasteiger partial charge in [0.1, 0.15) is 18.2 Å². The summed E-state index contributed by atoms with van der Waals surface area (Å²) in [7, 11) is 0. The van der Waals surface area contributed by atoms with E-state index in [0.717, 1.165) is 29.4 Å². The maximum atomic E-state index is 13.6. The van der Waals surface area contributed by atoms with E-state index in [-0.39, 0.29) is 37.5 Å². The number of carbonyl (C=O) groups excluding carboxylic acids is 2. The third-order valence-electron chi connectivity index (χ3n) is 3.51. The predicted molar refractivity (Wildman–Crippen MR) is 90.0 cm³/mol. The van der Waals surface area contributed by atoms with Crippen LogP contribution < -0.4 is 10.6 Å². The summed E-state index contributed by atoms with van der Waals surface area (Å²) in [5.74, 6) is -3.84. The van der Waals surface area contributed by atoms with Gasteiger partial charge in [0.2, 0.25) is 5.91 Å². The van der Waals surface area contributed by atoms with E-state index in [1.54, 1.807) is 0 Å². The van der Waals surface area contributed by atoms with Crippen LogP contribution in [0.1, 0.15) is 5.56 Å². The highest BCUT2D eigenvalue weighted by Gasteiger charge is 2.27. The number of anilines is 1. The van der Waals surface area contributed by atoms with Crippen LogP contribution in [0.2, 0.25) is 0 Å². The van der Waals surface area contributed by atoms with Crippen molar-refractivity contribution in [3.05, 3.63) is 59.4 Å². The molecule has 28 heavy (non-hydrogen) atoms. The molecule has 3 rings (SSSR count). The van der Waals surface area contributed by atoms with E-state index < -0.39 is 35.2 Å². The van der Waals surface area contributed by atoms with Gasteiger partial charge in [0, 0.05) is 18.2 Å². The van der Waals surface area contributed by atoms with E-state index in [4.69, 9.17) is 5.11 Å². The van der Waals surface area contributed by atoms with Crippen molar-refractivity contribution >= 4 is 17.6 Å². The van der Waals surface area contributed by atoms with Gasteiger partial charge in [-0.05, 0) is 12.1 Å². The summed E-state index contributed by atoms with van der Waals surface area (Å²) in [6.07, 6.45) is 1.90. The van der Waals surface area contributed by atoms with Crippen LogP contribution in [0.3, 0.4) is 0 Å². The SMILES string of the molecule is Fc1cncc(F)c1.O=C(CN1Cc2c(ccc(F)c2F)NC1=O)NCCO. The number of rotatable bonds is 4. The van der Waals surface area contributed by atoms with Crippen LogP contribution in [0, 0.1) is 23.3 Å². The lowest BCUT2D eigenvalue weighted by Gasteiger charge is -2.29. The molecule has 0 fully saturated rings. The first kappa shape index (κ1) is 21.1. The van der Waals surface area contributed by atoms with Gasteiger partial charge < -0.3 is 20.6 Å². The number of nitrogens with zero attached hydrogens (tertiary/aromatic N) is 2. The van der Waals surface area contributed by atoms with Gasteiger partial charge in [-0.1, -0.05) is 0 Å². The highest BCUT2D eigenvalue weighted by atomic mass is 19.2. The number of amides is 3. The maximum absolute atomic E-state index is 13.6. The zero-order valence-electron chi connectivity index (χ0n) is 14.4. The number of carbonyl (C=O) groups is 2. The maximum Gasteiger partial charge on any atom is 0.322 e. The van der Waals surface area contributed by atoms with Gasteiger partial charge in [0.05, 0.1) is 31.2 Å². The molecule has 3 N–H and O–H groups in total. The fourth-order valence-corrected chi connectivity index (χ4v) is 2.26. The monoisotopic (exact) mass is 400 g/mol. The number of hydrogen-bond donors (Lipinski definition) is 3. The minimum absolute atomic E-state index is 0.000409. The highest BCUT2D eigenvalue weighted by molar-refractivity contribution is 5.94. The number of pyridine rings is 1. The Bertz CT molecular complexity index is 849. The van der Waals surface area contributed by atoms with Crippen LogP contribution in [-0.4, -0.2) is 46.6 Å². The van der Waals surface area contributed by atoms with Gasteiger partial charge in [-0.15, -0.1) is 0 Å². The number of fused-ring (bicyclic) bond motifs is 1. The van der Waals surface area contributed by atoms with E-state index in [1.807, 2.05) is 0 Å². The summed E-state index contributed by atoms with van der Waals surface area (Å²) < 4.78 is 50.5. The molecule has 0 saturated heterocycles. The number of urea groups is 1. The van der Waals surface area contributed by atoms with Crippen LogP contribution in [0.5, 0.6) is 0 Å². The molecule has 2 heterocycles. The van der Waals surface area contributed by atoms with Crippen molar-refractivity contribution in [1.29, 1.82) is 0 Å². The molecule has 11 heteroatoms. The van der Waals surface area contributed by atoms with Crippen molar-refractivity contribution in [2.24, 2.45) is 0 Å². The van der Waals surface area contributed by atoms with E-state index in [9.17, 15) is 27.2 Å². The van der Waals surface area contributed by atoms with Crippen LogP contribution in [0.4, 0.5) is 28.0 Å². The van der Waals surface area contributed by atoms with E-state index >= 15 is 0 Å². The Hall–Kier alpha value is -3.21. The van der Waals surface area contributed by atoms with Crippen molar-refractivity contribution < 1.29 is 32.3 Å². The van der Waals surface area contributed by atoms with Crippen LogP contribution >= 0.6 is 0 Å². The number of benzene rings is 1. The van der Waals surface area contributed by atoms with Gasteiger partial charge in [-0.25, -0.2) is 22.4 Å². The minimum atomic E-state index is -1.04. The van der Waals surface area contributed by atoms with Gasteiger partial charge in [0.25, 0.3) is 0 Å². The number of nitrogens with one attached hydrogen (secondary N) is 2. The first-order valence-corrected chi connectivity index (χ1v) is 7.98. The summed E-state index contributed by atoms with van der Waals surface area (Å²) in [6.45, 7) is -0.660. The average molecular weight is 400 g/mol. The molecule has 2 aromatic rings. The van der Waals surface area contributed by atoms with Crippen molar-refractivity contribution in [2.75, 3.05) is 25.0 Å². The van der Waals surface area contributed by atoms with E-state index in [1.165, 1.54) is 6.07 Å². The van der Waals surface area contributed by atoms with Gasteiger partial charge in [0.15, 0.2) is 11.6 Å². The first-order valence-electron chi connectivity index (χ1n) is 7.98. The summed E-state index contributed by atoms with van der Waals surface area (Å²) >= 11 is 0. The number of halogens is 4. The standard InChI is InChI=1S/C12H13F2N3O3.C5H3F2N/c13-8-1-2-9-7(11(8)14)5-17(12(20)16-9)6-10(19)15-3-4-18;6-4-1-5(7)3-8-2-4/h1-2,18H,3-6H2,(H,15,19)(H,16,20);1-3H. The Balaban J connectivity index is 0.000000292. The predicted octanol–water partition coefficient (Wildman–Crippen LogP) is 1.78. The Morgan fingerprint density at radius 1 is 1.21 bits per heavy atom. The molecule has 0 spiro atoms. The topological polar surface area (TPSA) is 94.6 Å². The molecule has 0 saturated carbocycles. The summed E-state index contributed by atoms with van der Waals surface area (Å²) in [6, 6.07) is 2.41. The quantitative estimate of drug-likeness (QED) is 0.682. The Morgan fingerprint density at radius 2 is 1.89 bits per heavy atom. The molecule has 0 atom stereocenters. The van der Waals surface area contributed by atoms with Crippen LogP contribution in [0.15, 0.2) is 30.6 Å². The molecular weight excluding hydrogens is 384 g/mol. The molecule has 7 nitrogen and oxygen atoms in total. The van der Waals surface area contributed by atoms with E-state index in [0.29, 0.717) is 0 Å². The second-order valence-corrected chi connectivity index (χ2v) is 5.57. The van der Waals surface area contributed by atoms with Crippen molar-refractivity contribution in [2.45, 2.75) is 6.54 Å². The lowest BCUT2D eigenvalue weighted by atomic mass is 10.1. The van der Waals surface area contributed by atoms with Crippen LogP contribution in [-0.2, 0) is 11.3 Å². The molecule has 0 unspecified atom stereocenters. The first-order chi connectivity index (χ1) is 13.3. The summed E-state index contributed by atoms with van der Waals surface area (Å²) in [4.78, 5) is 27.5. The largest absolute Gasteiger partial charge is 0.395 e. The molecule has 0 bridgehead atoms. The molecule has 0 aliphatic carbocycles. The lowest BCUT2D eigenvalue weighted by Crippen LogP contribution is -2.45. The molecule has 1 aromatic heterocycles. The van der Waals surface area contributed by atoms with E-state index in [2.05, 4.69) is 15.6 Å². The molecule has 1 aliphatic rings. The van der Waals surface area contributed by atoms with Gasteiger partial charge in [-0.3, -0.25) is 9.78 Å².